The zero-order chi connectivity index (χ0) is 26.8. The summed E-state index contributed by atoms with van der Waals surface area (Å²) >= 11 is 0. The molecule has 5 N–H and O–H groups in total. The van der Waals surface area contributed by atoms with Gasteiger partial charge in [-0.25, -0.2) is 23.8 Å². The van der Waals surface area contributed by atoms with Crippen LogP contribution in [-0.4, -0.2) is 48.3 Å². The number of alkyl halides is 3. The zero-order valence-electron chi connectivity index (χ0n) is 19.7. The van der Waals surface area contributed by atoms with Gasteiger partial charge in [0.05, 0.1) is 28.9 Å². The van der Waals surface area contributed by atoms with Gasteiger partial charge in [0.15, 0.2) is 5.65 Å². The summed E-state index contributed by atoms with van der Waals surface area (Å²) in [4.78, 5) is 20.7. The molecule has 2 fully saturated rings. The number of nitrogens with zero attached hydrogens (tertiary/aromatic N) is 5. The van der Waals surface area contributed by atoms with Gasteiger partial charge in [0.2, 0.25) is 5.88 Å². The lowest BCUT2D eigenvalue weighted by atomic mass is 9.90. The number of aliphatic hydroxyl groups is 1. The fourth-order valence-electron chi connectivity index (χ4n) is 4.91. The van der Waals surface area contributed by atoms with E-state index >= 15 is 4.39 Å². The molecule has 0 saturated heterocycles. The molecule has 38 heavy (non-hydrogen) atoms. The second-order valence-electron chi connectivity index (χ2n) is 9.78. The number of nitrogen functional groups attached to an aromatic ring is 1. The minimum Gasteiger partial charge on any atom is -0.393 e. The van der Waals surface area contributed by atoms with Gasteiger partial charge in [0.25, 0.3) is 0 Å². The van der Waals surface area contributed by atoms with Crippen molar-refractivity contribution in [3.05, 3.63) is 47.5 Å². The highest BCUT2D eigenvalue weighted by atomic mass is 19.4. The van der Waals surface area contributed by atoms with Gasteiger partial charge in [0, 0.05) is 12.0 Å². The van der Waals surface area contributed by atoms with Crippen molar-refractivity contribution in [2.45, 2.75) is 61.8 Å². The van der Waals surface area contributed by atoms with Crippen LogP contribution in [0.3, 0.4) is 0 Å². The van der Waals surface area contributed by atoms with Gasteiger partial charge >= 0.3 is 12.2 Å². The fourth-order valence-corrected chi connectivity index (χ4v) is 4.91. The normalized spacial score (nSPS) is 24.4. The summed E-state index contributed by atoms with van der Waals surface area (Å²) in [7, 11) is 0. The first kappa shape index (κ1) is 24.3. The summed E-state index contributed by atoms with van der Waals surface area (Å²) in [5.41, 5.74) is 4.59. The van der Waals surface area contributed by atoms with Gasteiger partial charge in [-0.05, 0) is 38.2 Å². The number of fused-ring (bicyclic) bond motifs is 1. The van der Waals surface area contributed by atoms with Gasteiger partial charge in [0.1, 0.15) is 29.1 Å². The largest absolute Gasteiger partial charge is 0.400 e. The van der Waals surface area contributed by atoms with Gasteiger partial charge < -0.3 is 20.7 Å². The number of hydrogen-bond donors (Lipinski definition) is 4. The molecule has 3 aliphatic carbocycles. The van der Waals surface area contributed by atoms with E-state index < -0.39 is 35.5 Å². The first-order valence-corrected chi connectivity index (χ1v) is 11.9. The number of rotatable bonds is 5. The Morgan fingerprint density at radius 1 is 1.24 bits per heavy atom. The van der Waals surface area contributed by atoms with Crippen molar-refractivity contribution in [1.82, 2.24) is 30.2 Å². The molecule has 0 bridgehead atoms. The number of anilines is 2. The van der Waals surface area contributed by atoms with E-state index in [1.807, 2.05) is 0 Å². The monoisotopic (exact) mass is 534 g/mol. The molecular weight excluding hydrogens is 512 g/mol. The Bertz CT molecular complexity index is 1480. The number of urea groups is 1. The van der Waals surface area contributed by atoms with Gasteiger partial charge in [-0.1, -0.05) is 11.2 Å². The highest BCUT2D eigenvalue weighted by molar-refractivity contribution is 5.90. The molecule has 1 atom stereocenters. The lowest BCUT2D eigenvalue weighted by Gasteiger charge is -2.31. The number of carbonyl (C=O) groups excluding carboxylic acids is 1. The Morgan fingerprint density at radius 2 is 2.00 bits per heavy atom. The number of hydrogen-bond acceptors (Lipinski definition) is 8. The summed E-state index contributed by atoms with van der Waals surface area (Å²) in [6, 6.07) is 0.0488. The molecule has 0 aromatic carbocycles. The number of allylic oxidation sites excluding steroid dienone is 3. The molecule has 200 valence electrons. The smallest absolute Gasteiger partial charge is 0.393 e. The first-order valence-electron chi connectivity index (χ1n) is 11.9. The molecule has 0 aliphatic heterocycles. The Kier molecular flexibility index (Phi) is 5.45. The van der Waals surface area contributed by atoms with Crippen LogP contribution in [0.15, 0.2) is 40.6 Å². The maximum absolute atomic E-state index is 15.0. The summed E-state index contributed by atoms with van der Waals surface area (Å²) in [5.74, 6) is -1.36. The summed E-state index contributed by atoms with van der Waals surface area (Å²) in [5, 5.41) is 22.9. The van der Waals surface area contributed by atoms with Crippen LogP contribution in [0.4, 0.5) is 34.1 Å². The van der Waals surface area contributed by atoms with Crippen molar-refractivity contribution >= 4 is 28.8 Å². The molecule has 2 saturated carbocycles. The van der Waals surface area contributed by atoms with Crippen molar-refractivity contribution in [3.8, 4) is 0 Å². The molecule has 3 aliphatic rings. The maximum Gasteiger partial charge on any atom is 0.400 e. The van der Waals surface area contributed by atoms with Crippen LogP contribution in [0, 0.1) is 0 Å². The van der Waals surface area contributed by atoms with E-state index in [4.69, 9.17) is 10.3 Å². The van der Waals surface area contributed by atoms with E-state index in [9.17, 15) is 23.1 Å². The van der Waals surface area contributed by atoms with Crippen LogP contribution in [0.25, 0.3) is 11.0 Å². The summed E-state index contributed by atoms with van der Waals surface area (Å²) in [6.07, 6.45) is 0.262. The van der Waals surface area contributed by atoms with Crippen LogP contribution in [0.2, 0.25) is 0 Å². The topological polar surface area (TPSA) is 157 Å². The molecule has 3 heterocycles. The average molecular weight is 534 g/mol. The van der Waals surface area contributed by atoms with Crippen LogP contribution in [0.1, 0.15) is 55.5 Å². The third-order valence-corrected chi connectivity index (χ3v) is 7.29. The third kappa shape index (κ3) is 3.97. The summed E-state index contributed by atoms with van der Waals surface area (Å²) < 4.78 is 61.4. The maximum atomic E-state index is 15.0. The second kappa shape index (κ2) is 8.51. The molecule has 6 rings (SSSR count). The van der Waals surface area contributed by atoms with E-state index in [2.05, 4.69) is 30.9 Å². The predicted molar refractivity (Wildman–Crippen MR) is 124 cm³/mol. The molecule has 15 heteroatoms. The van der Waals surface area contributed by atoms with Gasteiger partial charge in [-0.2, -0.15) is 18.3 Å². The number of nitrogens with two attached hydrogens (primary N) is 1. The van der Waals surface area contributed by atoms with E-state index in [1.165, 1.54) is 18.5 Å². The molecule has 0 spiro atoms. The number of aliphatic hydroxyl groups excluding tert-OH is 1. The lowest BCUT2D eigenvalue weighted by Crippen LogP contribution is -2.31. The van der Waals surface area contributed by atoms with E-state index in [1.54, 1.807) is 4.68 Å². The molecular formula is C23H22F4N8O3. The standard InChI is InChI=1S/C23H22F4N8O3/c24-13-5-10(18-17-19(28)29-9-30-20(17)35(33-18)11-6-12(36)7-11)1-2-14(13)31-21(37)32-16-8-15(34-38-16)22(3-4-22)23(25,26)27/h2,5,8-12,36H,1,3-4,6-7H2,(H2,28,29,30)(H2,31,32,37). The number of halogens is 4. The van der Waals surface area contributed by atoms with Crippen LogP contribution < -0.4 is 16.4 Å². The highest BCUT2D eigenvalue weighted by Gasteiger charge is 2.66. The zero-order valence-corrected chi connectivity index (χ0v) is 19.7. The van der Waals surface area contributed by atoms with Crippen molar-refractivity contribution < 1.29 is 32.0 Å². The van der Waals surface area contributed by atoms with Crippen molar-refractivity contribution in [2.24, 2.45) is 0 Å². The minimum atomic E-state index is -4.47. The van der Waals surface area contributed by atoms with Crippen LogP contribution in [0.5, 0.6) is 0 Å². The SMILES string of the molecule is Nc1ncnc2c1c(C1C=C(F)C(NC(=O)Nc3cc(C4(C(F)(F)F)CC4)no3)=CC1)nn2C1CC(O)C1. The van der Waals surface area contributed by atoms with Crippen LogP contribution >= 0.6 is 0 Å². The van der Waals surface area contributed by atoms with Gasteiger partial charge in [-0.15, -0.1) is 0 Å². The van der Waals surface area contributed by atoms with Crippen molar-refractivity contribution in [2.75, 3.05) is 11.1 Å². The Morgan fingerprint density at radius 3 is 2.66 bits per heavy atom. The number of carbonyl (C=O) groups is 1. The average Bonchev–Trinajstić information content (AvgIpc) is 3.39. The molecule has 3 aromatic rings. The number of amides is 2. The van der Waals surface area contributed by atoms with Crippen molar-refractivity contribution in [1.29, 1.82) is 0 Å². The van der Waals surface area contributed by atoms with Crippen molar-refractivity contribution in [3.63, 3.8) is 0 Å². The third-order valence-electron chi connectivity index (χ3n) is 7.29. The number of nitrogens with one attached hydrogen (secondary N) is 2. The molecule has 1 unspecified atom stereocenters. The quantitative estimate of drug-likeness (QED) is 0.361. The summed E-state index contributed by atoms with van der Waals surface area (Å²) in [6.45, 7) is 0. The Labute approximate surface area is 211 Å². The van der Waals surface area contributed by atoms with E-state index in [-0.39, 0.29) is 48.4 Å². The Hall–Kier alpha value is -4.01. The number of aromatic nitrogens is 5. The fraction of sp³-hybridized carbons (Fsp3) is 0.435. The molecule has 11 nitrogen and oxygen atoms in total. The van der Waals surface area contributed by atoms with E-state index in [0.717, 1.165) is 6.07 Å². The van der Waals surface area contributed by atoms with Crippen LogP contribution in [-0.2, 0) is 5.41 Å². The Balaban J connectivity index is 1.16. The predicted octanol–water partition coefficient (Wildman–Crippen LogP) is 3.73. The molecule has 2 amide bonds. The van der Waals surface area contributed by atoms with E-state index in [0.29, 0.717) is 29.6 Å². The highest BCUT2D eigenvalue weighted by Crippen LogP contribution is 2.58. The first-order chi connectivity index (χ1) is 18.1. The second-order valence-corrected chi connectivity index (χ2v) is 9.78. The molecule has 3 aromatic heterocycles. The molecule has 0 radical (unpaired) electrons. The lowest BCUT2D eigenvalue weighted by molar-refractivity contribution is -0.161. The minimum absolute atomic E-state index is 0.0630. The van der Waals surface area contributed by atoms with Gasteiger partial charge in [-0.3, -0.25) is 5.32 Å².